The van der Waals surface area contributed by atoms with E-state index in [1.54, 1.807) is 6.92 Å². The molecule has 9 heteroatoms. The second kappa shape index (κ2) is 7.32. The molecule has 0 spiro atoms. The first-order valence-electron chi connectivity index (χ1n) is 7.38. The molecule has 2 aromatic rings. The molecular weight excluding hydrogens is 346 g/mol. The van der Waals surface area contributed by atoms with Gasteiger partial charge in [-0.15, -0.1) is 21.5 Å². The second-order valence-corrected chi connectivity index (χ2v) is 7.96. The van der Waals surface area contributed by atoms with Gasteiger partial charge in [0.05, 0.1) is 22.5 Å². The average molecular weight is 365 g/mol. The molecule has 0 saturated heterocycles. The van der Waals surface area contributed by atoms with Crippen molar-refractivity contribution in [3.8, 4) is 16.8 Å². The van der Waals surface area contributed by atoms with E-state index in [0.29, 0.717) is 11.1 Å². The highest BCUT2D eigenvalue weighted by Crippen LogP contribution is 2.30. The maximum absolute atomic E-state index is 12.0. The Balaban J connectivity index is 1.97. The van der Waals surface area contributed by atoms with Gasteiger partial charge < -0.3 is 9.73 Å². The van der Waals surface area contributed by atoms with Crippen LogP contribution in [0.15, 0.2) is 9.64 Å². The molecule has 0 saturated carbocycles. The van der Waals surface area contributed by atoms with Crippen LogP contribution in [0.5, 0.6) is 0 Å². The molecule has 128 valence electrons. The SMILES string of the molecule is Cc1nc(C)c(-c2nnc(SCC(=O)NC(C)(C#N)C(C)C)o2)s1. The number of hydrogen-bond acceptors (Lipinski definition) is 8. The zero-order chi connectivity index (χ0) is 17.9. The van der Waals surface area contributed by atoms with Gasteiger partial charge in [0.2, 0.25) is 5.91 Å². The Morgan fingerprint density at radius 2 is 2.17 bits per heavy atom. The molecule has 1 unspecified atom stereocenters. The zero-order valence-electron chi connectivity index (χ0n) is 14.2. The number of nitrogens with zero attached hydrogens (tertiary/aromatic N) is 4. The summed E-state index contributed by atoms with van der Waals surface area (Å²) < 4.78 is 5.58. The fourth-order valence-corrected chi connectivity index (χ4v) is 3.25. The van der Waals surface area contributed by atoms with Crippen molar-refractivity contribution in [1.29, 1.82) is 5.26 Å². The third-order valence-corrected chi connectivity index (χ3v) is 5.50. The molecule has 0 aliphatic heterocycles. The Labute approximate surface area is 148 Å². The van der Waals surface area contributed by atoms with Crippen LogP contribution >= 0.6 is 23.1 Å². The molecule has 1 amide bonds. The van der Waals surface area contributed by atoms with Gasteiger partial charge in [-0.05, 0) is 26.7 Å². The lowest BCUT2D eigenvalue weighted by atomic mass is 9.90. The fourth-order valence-electron chi connectivity index (χ4n) is 1.84. The number of nitrogens with one attached hydrogen (secondary N) is 1. The number of thiazole rings is 1. The summed E-state index contributed by atoms with van der Waals surface area (Å²) in [5.41, 5.74) is -0.0493. The topological polar surface area (TPSA) is 105 Å². The van der Waals surface area contributed by atoms with Crippen LogP contribution in [0.1, 0.15) is 31.5 Å². The summed E-state index contributed by atoms with van der Waals surface area (Å²) in [6.45, 7) is 9.29. The minimum absolute atomic E-state index is 0.00370. The van der Waals surface area contributed by atoms with Gasteiger partial charge in [0.1, 0.15) is 10.4 Å². The number of hydrogen-bond donors (Lipinski definition) is 1. The van der Waals surface area contributed by atoms with Gasteiger partial charge in [-0.25, -0.2) is 4.98 Å². The maximum atomic E-state index is 12.0. The van der Waals surface area contributed by atoms with Gasteiger partial charge >= 0.3 is 0 Å². The van der Waals surface area contributed by atoms with Crippen LogP contribution in [-0.2, 0) is 4.79 Å². The summed E-state index contributed by atoms with van der Waals surface area (Å²) in [4.78, 5) is 17.2. The molecule has 2 aromatic heterocycles. The number of aryl methyl sites for hydroxylation is 2. The number of nitriles is 1. The Kier molecular flexibility index (Phi) is 5.62. The highest BCUT2D eigenvalue weighted by Gasteiger charge is 2.30. The van der Waals surface area contributed by atoms with E-state index >= 15 is 0 Å². The van der Waals surface area contributed by atoms with Crippen molar-refractivity contribution in [2.45, 2.75) is 45.4 Å². The molecule has 0 aliphatic carbocycles. The highest BCUT2D eigenvalue weighted by atomic mass is 32.2. The first kappa shape index (κ1) is 18.4. The Bertz CT molecular complexity index is 777. The van der Waals surface area contributed by atoms with Crippen LogP contribution in [0.25, 0.3) is 10.8 Å². The van der Waals surface area contributed by atoms with Crippen LogP contribution in [-0.4, -0.2) is 32.4 Å². The van der Waals surface area contributed by atoms with Crippen molar-refractivity contribution in [3.05, 3.63) is 10.7 Å². The monoisotopic (exact) mass is 365 g/mol. The van der Waals surface area contributed by atoms with Crippen molar-refractivity contribution in [3.63, 3.8) is 0 Å². The Hall–Kier alpha value is -1.92. The third-order valence-electron chi connectivity index (χ3n) is 3.62. The molecule has 1 atom stereocenters. The van der Waals surface area contributed by atoms with Crippen LogP contribution < -0.4 is 5.32 Å². The molecule has 0 radical (unpaired) electrons. The second-order valence-electron chi connectivity index (χ2n) is 5.83. The Morgan fingerprint density at radius 1 is 1.46 bits per heavy atom. The van der Waals surface area contributed by atoms with Gasteiger partial charge in [-0.2, -0.15) is 5.26 Å². The highest BCUT2D eigenvalue weighted by molar-refractivity contribution is 7.99. The van der Waals surface area contributed by atoms with Crippen molar-refractivity contribution in [1.82, 2.24) is 20.5 Å². The van der Waals surface area contributed by atoms with Crippen LogP contribution in [0, 0.1) is 31.1 Å². The predicted molar refractivity (Wildman–Crippen MR) is 92.6 cm³/mol. The number of aromatic nitrogens is 3. The van der Waals surface area contributed by atoms with Gasteiger partial charge in [0.25, 0.3) is 11.1 Å². The maximum Gasteiger partial charge on any atom is 0.277 e. The molecule has 2 rings (SSSR count). The van der Waals surface area contributed by atoms with Crippen molar-refractivity contribution < 1.29 is 9.21 Å². The molecule has 24 heavy (non-hydrogen) atoms. The van der Waals surface area contributed by atoms with E-state index in [1.165, 1.54) is 11.3 Å². The Morgan fingerprint density at radius 3 is 2.71 bits per heavy atom. The summed E-state index contributed by atoms with van der Waals surface area (Å²) >= 11 is 2.63. The standard InChI is InChI=1S/C15H19N5O2S2/c1-8(2)15(5,7-16)18-11(21)6-23-14-20-19-13(22-14)12-9(3)17-10(4)24-12/h8H,6H2,1-5H3,(H,18,21). The van der Waals surface area contributed by atoms with Crippen LogP contribution in [0.3, 0.4) is 0 Å². The minimum Gasteiger partial charge on any atom is -0.410 e. The summed E-state index contributed by atoms with van der Waals surface area (Å²) in [5.74, 6) is 0.267. The van der Waals surface area contributed by atoms with Crippen molar-refractivity contribution >= 4 is 29.0 Å². The molecule has 1 N–H and O–H groups in total. The lowest BCUT2D eigenvalue weighted by Gasteiger charge is -2.27. The van der Waals surface area contributed by atoms with E-state index < -0.39 is 5.54 Å². The van der Waals surface area contributed by atoms with Gasteiger partial charge in [-0.3, -0.25) is 4.79 Å². The van der Waals surface area contributed by atoms with Crippen molar-refractivity contribution in [2.24, 2.45) is 5.92 Å². The van der Waals surface area contributed by atoms with Gasteiger partial charge in [0, 0.05) is 0 Å². The number of rotatable bonds is 6. The van der Waals surface area contributed by atoms with Crippen LogP contribution in [0.2, 0.25) is 0 Å². The largest absolute Gasteiger partial charge is 0.410 e. The summed E-state index contributed by atoms with van der Waals surface area (Å²) in [5, 5.41) is 21.2. The summed E-state index contributed by atoms with van der Waals surface area (Å²) in [6.07, 6.45) is 0. The molecule has 0 aliphatic rings. The number of amides is 1. The molecule has 7 nitrogen and oxygen atoms in total. The first-order valence-corrected chi connectivity index (χ1v) is 9.18. The molecule has 0 bridgehead atoms. The van der Waals surface area contributed by atoms with Gasteiger partial charge in [0.15, 0.2) is 0 Å². The number of carbonyl (C=O) groups excluding carboxylic acids is 1. The molecular formula is C15H19N5O2S2. The molecule has 0 fully saturated rings. The summed E-state index contributed by atoms with van der Waals surface area (Å²) in [6, 6.07) is 2.14. The average Bonchev–Trinajstić information content (AvgIpc) is 3.10. The smallest absolute Gasteiger partial charge is 0.277 e. The van der Waals surface area contributed by atoms with Crippen LogP contribution in [0.4, 0.5) is 0 Å². The van der Waals surface area contributed by atoms with E-state index in [2.05, 4.69) is 26.6 Å². The van der Waals surface area contributed by atoms with E-state index in [-0.39, 0.29) is 17.6 Å². The normalized spacial score (nSPS) is 13.5. The van der Waals surface area contributed by atoms with E-state index in [4.69, 9.17) is 4.42 Å². The van der Waals surface area contributed by atoms with Gasteiger partial charge in [-0.1, -0.05) is 25.6 Å². The first-order chi connectivity index (χ1) is 11.2. The third kappa shape index (κ3) is 4.13. The van der Waals surface area contributed by atoms with E-state index in [0.717, 1.165) is 27.3 Å². The summed E-state index contributed by atoms with van der Waals surface area (Å²) in [7, 11) is 0. The fraction of sp³-hybridized carbons (Fsp3) is 0.533. The molecule has 2 heterocycles. The lowest BCUT2D eigenvalue weighted by molar-refractivity contribution is -0.120. The quantitative estimate of drug-likeness (QED) is 0.785. The lowest BCUT2D eigenvalue weighted by Crippen LogP contribution is -2.49. The van der Waals surface area contributed by atoms with Crippen molar-refractivity contribution in [2.75, 3.05) is 5.75 Å². The zero-order valence-corrected chi connectivity index (χ0v) is 15.8. The van der Waals surface area contributed by atoms with E-state index in [1.807, 2.05) is 27.7 Å². The van der Waals surface area contributed by atoms with E-state index in [9.17, 15) is 10.1 Å². The predicted octanol–water partition coefficient (Wildman–Crippen LogP) is 2.96. The minimum atomic E-state index is -0.894. The number of thioether (sulfide) groups is 1. The number of carbonyl (C=O) groups is 1. The molecule has 0 aromatic carbocycles.